The Morgan fingerprint density at radius 1 is 0.917 bits per heavy atom. The zero-order valence-corrected chi connectivity index (χ0v) is 14.6. The second-order valence-corrected chi connectivity index (χ2v) is 6.95. The van der Waals surface area contributed by atoms with E-state index < -0.39 is 13.9 Å². The van der Waals surface area contributed by atoms with Crippen molar-refractivity contribution in [2.75, 3.05) is 0 Å². The zero-order valence-electron chi connectivity index (χ0n) is 13.8. The molecule has 0 aliphatic rings. The number of ketones is 1. The molecule has 0 aliphatic heterocycles. The monoisotopic (exact) mass is 348 g/mol. The molecule has 1 unspecified atom stereocenters. The Kier molecular flexibility index (Phi) is 6.88. The van der Waals surface area contributed by atoms with Gasteiger partial charge in [-0.15, -0.1) is 0 Å². The highest BCUT2D eigenvalue weighted by Crippen LogP contribution is 2.52. The SMILES string of the molecule is CC(=O)C(C)OP(=O)(OCc1ccccc1)OCc1ccccc1. The van der Waals surface area contributed by atoms with Crippen LogP contribution in [0.25, 0.3) is 0 Å². The molecule has 2 aromatic rings. The predicted octanol–water partition coefficient (Wildman–Crippen LogP) is 4.52. The highest BCUT2D eigenvalue weighted by atomic mass is 31.2. The molecule has 0 bridgehead atoms. The van der Waals surface area contributed by atoms with Crippen LogP contribution in [0, 0.1) is 0 Å². The number of hydrogen-bond acceptors (Lipinski definition) is 5. The first-order chi connectivity index (χ1) is 11.5. The summed E-state index contributed by atoms with van der Waals surface area (Å²) >= 11 is 0. The summed E-state index contributed by atoms with van der Waals surface area (Å²) in [5.41, 5.74) is 1.67. The van der Waals surface area contributed by atoms with Crippen LogP contribution in [0.15, 0.2) is 60.7 Å². The summed E-state index contributed by atoms with van der Waals surface area (Å²) in [5, 5.41) is 0. The van der Waals surface area contributed by atoms with Crippen molar-refractivity contribution in [1.82, 2.24) is 0 Å². The molecule has 1 atom stereocenters. The summed E-state index contributed by atoms with van der Waals surface area (Å²) in [6.07, 6.45) is -0.873. The summed E-state index contributed by atoms with van der Waals surface area (Å²) < 4.78 is 29.0. The lowest BCUT2D eigenvalue weighted by atomic mass is 10.2. The summed E-state index contributed by atoms with van der Waals surface area (Å²) in [5.74, 6) is -0.248. The molecule has 0 radical (unpaired) electrons. The van der Waals surface area contributed by atoms with E-state index in [9.17, 15) is 9.36 Å². The molecule has 24 heavy (non-hydrogen) atoms. The minimum absolute atomic E-state index is 0.0670. The van der Waals surface area contributed by atoms with Gasteiger partial charge in [-0.2, -0.15) is 0 Å². The van der Waals surface area contributed by atoms with Gasteiger partial charge in [-0.25, -0.2) is 4.57 Å². The number of rotatable bonds is 9. The highest BCUT2D eigenvalue weighted by Gasteiger charge is 2.31. The molecular formula is C18H21O5P. The third-order valence-corrected chi connectivity index (χ3v) is 4.79. The van der Waals surface area contributed by atoms with Crippen molar-refractivity contribution in [3.8, 4) is 0 Å². The first-order valence-corrected chi connectivity index (χ1v) is 9.10. The van der Waals surface area contributed by atoms with Gasteiger partial charge in [0.1, 0.15) is 6.10 Å². The molecule has 0 saturated heterocycles. The van der Waals surface area contributed by atoms with E-state index in [-0.39, 0.29) is 19.0 Å². The van der Waals surface area contributed by atoms with Gasteiger partial charge in [-0.3, -0.25) is 18.4 Å². The topological polar surface area (TPSA) is 61.8 Å². The van der Waals surface area contributed by atoms with Gasteiger partial charge in [0.25, 0.3) is 0 Å². The molecule has 0 saturated carbocycles. The fraction of sp³-hybridized carbons (Fsp3) is 0.278. The maximum Gasteiger partial charge on any atom is 0.476 e. The van der Waals surface area contributed by atoms with Gasteiger partial charge in [0.15, 0.2) is 5.78 Å². The number of carbonyl (C=O) groups is 1. The fourth-order valence-corrected chi connectivity index (χ4v) is 3.17. The maximum atomic E-state index is 12.9. The van der Waals surface area contributed by atoms with Crippen molar-refractivity contribution in [2.45, 2.75) is 33.2 Å². The van der Waals surface area contributed by atoms with Crippen molar-refractivity contribution in [3.63, 3.8) is 0 Å². The number of phosphoric ester groups is 1. The largest absolute Gasteiger partial charge is 0.476 e. The van der Waals surface area contributed by atoms with Gasteiger partial charge in [0, 0.05) is 0 Å². The third-order valence-electron chi connectivity index (χ3n) is 3.32. The second kappa shape index (κ2) is 8.90. The Morgan fingerprint density at radius 3 is 1.71 bits per heavy atom. The van der Waals surface area contributed by atoms with E-state index in [1.807, 2.05) is 60.7 Å². The zero-order chi connectivity index (χ0) is 17.4. The van der Waals surface area contributed by atoms with Crippen LogP contribution in [0.1, 0.15) is 25.0 Å². The number of hydrogen-bond donors (Lipinski definition) is 0. The van der Waals surface area contributed by atoms with Crippen molar-refractivity contribution < 1.29 is 22.9 Å². The minimum Gasteiger partial charge on any atom is -0.297 e. The van der Waals surface area contributed by atoms with Gasteiger partial charge in [0.05, 0.1) is 13.2 Å². The van der Waals surface area contributed by atoms with Gasteiger partial charge < -0.3 is 0 Å². The summed E-state index contributed by atoms with van der Waals surface area (Å²) in [6.45, 7) is 3.02. The van der Waals surface area contributed by atoms with Crippen LogP contribution in [0.2, 0.25) is 0 Å². The lowest BCUT2D eigenvalue weighted by Crippen LogP contribution is -2.17. The summed E-state index contributed by atoms with van der Waals surface area (Å²) in [4.78, 5) is 11.4. The van der Waals surface area contributed by atoms with Crippen molar-refractivity contribution in [1.29, 1.82) is 0 Å². The quantitative estimate of drug-likeness (QED) is 0.624. The summed E-state index contributed by atoms with van der Waals surface area (Å²) in [7, 11) is -3.88. The number of carbonyl (C=O) groups excluding carboxylic acids is 1. The average molecular weight is 348 g/mol. The Bertz CT molecular complexity index is 640. The van der Waals surface area contributed by atoms with Gasteiger partial charge in [-0.1, -0.05) is 60.7 Å². The normalized spacial score (nSPS) is 12.8. The molecule has 2 rings (SSSR count). The van der Waals surface area contributed by atoms with Crippen molar-refractivity contribution >= 4 is 13.6 Å². The molecule has 0 amide bonds. The molecule has 6 heteroatoms. The van der Waals surface area contributed by atoms with Crippen LogP contribution >= 0.6 is 7.82 Å². The van der Waals surface area contributed by atoms with Gasteiger partial charge in [-0.05, 0) is 25.0 Å². The van der Waals surface area contributed by atoms with Crippen LogP contribution in [0.3, 0.4) is 0 Å². The van der Waals surface area contributed by atoms with Crippen molar-refractivity contribution in [2.24, 2.45) is 0 Å². The number of benzene rings is 2. The van der Waals surface area contributed by atoms with E-state index in [0.29, 0.717) is 0 Å². The smallest absolute Gasteiger partial charge is 0.297 e. The van der Waals surface area contributed by atoms with Crippen LogP contribution in [0.5, 0.6) is 0 Å². The molecule has 128 valence electrons. The average Bonchev–Trinajstić information content (AvgIpc) is 2.60. The van der Waals surface area contributed by atoms with Crippen LogP contribution in [-0.2, 0) is 36.1 Å². The van der Waals surface area contributed by atoms with E-state index in [1.165, 1.54) is 13.8 Å². The predicted molar refractivity (Wildman–Crippen MR) is 91.3 cm³/mol. The van der Waals surface area contributed by atoms with E-state index in [0.717, 1.165) is 11.1 Å². The second-order valence-electron chi connectivity index (χ2n) is 5.32. The molecule has 0 N–H and O–H groups in total. The van der Waals surface area contributed by atoms with Crippen LogP contribution in [0.4, 0.5) is 0 Å². The molecule has 2 aromatic carbocycles. The van der Waals surface area contributed by atoms with Crippen LogP contribution in [-0.4, -0.2) is 11.9 Å². The Morgan fingerprint density at radius 2 is 1.33 bits per heavy atom. The standard InChI is InChI=1S/C18H21O5P/c1-15(19)16(2)23-24(20,21-13-17-9-5-3-6-10-17)22-14-18-11-7-4-8-12-18/h3-12,16H,13-14H2,1-2H3. The molecule has 0 spiro atoms. The molecular weight excluding hydrogens is 327 g/mol. The van der Waals surface area contributed by atoms with Gasteiger partial charge in [0.2, 0.25) is 0 Å². The molecule has 0 aliphatic carbocycles. The lowest BCUT2D eigenvalue weighted by Gasteiger charge is -2.20. The van der Waals surface area contributed by atoms with E-state index >= 15 is 0 Å². The number of phosphoric acid groups is 1. The van der Waals surface area contributed by atoms with E-state index in [2.05, 4.69) is 0 Å². The first-order valence-electron chi connectivity index (χ1n) is 7.64. The highest BCUT2D eigenvalue weighted by molar-refractivity contribution is 7.48. The summed E-state index contributed by atoms with van der Waals surface area (Å²) in [6, 6.07) is 18.5. The lowest BCUT2D eigenvalue weighted by molar-refractivity contribution is -0.124. The minimum atomic E-state index is -3.88. The van der Waals surface area contributed by atoms with E-state index in [4.69, 9.17) is 13.6 Å². The first kappa shape index (κ1) is 18.6. The third kappa shape index (κ3) is 6.02. The maximum absolute atomic E-state index is 12.9. The molecule has 0 heterocycles. The fourth-order valence-electron chi connectivity index (χ4n) is 1.82. The van der Waals surface area contributed by atoms with E-state index in [1.54, 1.807) is 0 Å². The van der Waals surface area contributed by atoms with Gasteiger partial charge >= 0.3 is 7.82 Å². The Balaban J connectivity index is 2.05. The Hall–Kier alpha value is -1.78. The van der Waals surface area contributed by atoms with Crippen LogP contribution < -0.4 is 0 Å². The molecule has 5 nitrogen and oxygen atoms in total. The molecule has 0 fully saturated rings. The Labute approximate surface area is 142 Å². The van der Waals surface area contributed by atoms with Crippen molar-refractivity contribution in [3.05, 3.63) is 71.8 Å². The number of Topliss-reactive ketones (excluding diaryl/α,β-unsaturated/α-hetero) is 1. The molecule has 0 aromatic heterocycles.